The summed E-state index contributed by atoms with van der Waals surface area (Å²) in [4.78, 5) is 6.88. The van der Waals surface area contributed by atoms with Crippen LogP contribution in [0.3, 0.4) is 0 Å². The molecule has 3 aromatic rings. The van der Waals surface area contributed by atoms with Crippen LogP contribution in [0, 0.1) is 6.92 Å². The van der Waals surface area contributed by atoms with E-state index in [4.69, 9.17) is 18.9 Å². The predicted octanol–water partition coefficient (Wildman–Crippen LogP) is 4.39. The van der Waals surface area contributed by atoms with Gasteiger partial charge in [0, 0.05) is 11.4 Å². The molecular weight excluding hydrogens is 414 g/mol. The van der Waals surface area contributed by atoms with Crippen LogP contribution < -0.4 is 29.6 Å². The Bertz CT molecular complexity index is 1170. The van der Waals surface area contributed by atoms with E-state index in [0.29, 0.717) is 13.2 Å². The van der Waals surface area contributed by atoms with Crippen molar-refractivity contribution in [1.29, 1.82) is 0 Å². The molecule has 0 aliphatic carbocycles. The molecule has 0 amide bonds. The molecule has 31 heavy (non-hydrogen) atoms. The highest BCUT2D eigenvalue weighted by Crippen LogP contribution is 2.41. The molecule has 0 atom stereocenters. The molecule has 0 fully saturated rings. The smallest absolute Gasteiger partial charge is 0.231 e. The number of fused-ring (bicyclic) bond motifs is 2. The van der Waals surface area contributed by atoms with Crippen LogP contribution in [0.15, 0.2) is 41.4 Å². The van der Waals surface area contributed by atoms with Gasteiger partial charge in [0.05, 0.1) is 24.8 Å². The third-order valence-corrected chi connectivity index (χ3v) is 6.49. The molecule has 0 saturated heterocycles. The first-order valence-corrected chi connectivity index (χ1v) is 10.8. The number of thiophene rings is 1. The van der Waals surface area contributed by atoms with E-state index in [0.717, 1.165) is 61.0 Å². The average molecular weight is 438 g/mol. The number of aryl methyl sites for hydroxylation is 1. The Morgan fingerprint density at radius 2 is 1.97 bits per heavy atom. The van der Waals surface area contributed by atoms with Gasteiger partial charge in [0.2, 0.25) is 6.79 Å². The summed E-state index contributed by atoms with van der Waals surface area (Å²) in [5.41, 5.74) is 4.31. The normalized spacial score (nSPS) is 13.8. The minimum Gasteiger partial charge on any atom is -0.493 e. The summed E-state index contributed by atoms with van der Waals surface area (Å²) in [6.07, 6.45) is 0. The van der Waals surface area contributed by atoms with Crippen molar-refractivity contribution in [1.82, 2.24) is 5.32 Å². The lowest BCUT2D eigenvalue weighted by Crippen LogP contribution is -2.27. The third-order valence-electron chi connectivity index (χ3n) is 5.30. The number of nitrogens with one attached hydrogen (secondary N) is 2. The molecule has 0 unspecified atom stereocenters. The van der Waals surface area contributed by atoms with Gasteiger partial charge >= 0.3 is 0 Å². The maximum absolute atomic E-state index is 5.53. The summed E-state index contributed by atoms with van der Waals surface area (Å²) in [5.74, 6) is 3.96. The van der Waals surface area contributed by atoms with E-state index in [9.17, 15) is 0 Å². The molecule has 3 heterocycles. The van der Waals surface area contributed by atoms with Crippen molar-refractivity contribution in [3.8, 4) is 33.4 Å². The van der Waals surface area contributed by atoms with Crippen LogP contribution in [-0.4, -0.2) is 33.5 Å². The second-order valence-corrected chi connectivity index (χ2v) is 8.32. The number of hydrogen-bond donors (Lipinski definition) is 2. The van der Waals surface area contributed by atoms with Crippen LogP contribution in [-0.2, 0) is 6.54 Å². The van der Waals surface area contributed by atoms with Crippen molar-refractivity contribution in [3.05, 3.63) is 52.4 Å². The maximum atomic E-state index is 5.53. The van der Waals surface area contributed by atoms with E-state index in [1.807, 2.05) is 31.2 Å². The second kappa shape index (κ2) is 8.03. The minimum absolute atomic E-state index is 0.279. The van der Waals surface area contributed by atoms with Gasteiger partial charge in [-0.05, 0) is 53.9 Å². The fraction of sp³-hybridized carbons (Fsp3) is 0.261. The topological polar surface area (TPSA) is 73.3 Å². The number of nitrogens with zero attached hydrogens (tertiary/aromatic N) is 1. The van der Waals surface area contributed by atoms with Crippen LogP contribution in [0.25, 0.3) is 10.4 Å². The zero-order chi connectivity index (χ0) is 21.4. The molecule has 0 bridgehead atoms. The molecule has 2 N–H and O–H groups in total. The van der Waals surface area contributed by atoms with Crippen molar-refractivity contribution in [3.63, 3.8) is 0 Å². The standard InChI is InChI=1S/C23H23N3O4S/c1-13-6-15(8-19(27-2)21(13)28-3)20-9-16-22(31-20)23(26-11-25-16)24-10-14-4-5-17-18(7-14)30-12-29-17/h4-9,25H,10-12H2,1-3H3,(H,24,26). The van der Waals surface area contributed by atoms with E-state index in [2.05, 4.69) is 27.8 Å². The molecule has 160 valence electrons. The fourth-order valence-corrected chi connectivity index (χ4v) is 4.89. The molecular formula is C23H23N3O4S. The number of hydrogen-bond acceptors (Lipinski definition) is 8. The van der Waals surface area contributed by atoms with Crippen molar-refractivity contribution < 1.29 is 18.9 Å². The second-order valence-electron chi connectivity index (χ2n) is 7.26. The van der Waals surface area contributed by atoms with Gasteiger partial charge in [0.1, 0.15) is 12.5 Å². The number of ether oxygens (including phenoxy) is 4. The molecule has 5 rings (SSSR count). The van der Waals surface area contributed by atoms with Gasteiger partial charge in [0.15, 0.2) is 23.0 Å². The van der Waals surface area contributed by atoms with E-state index < -0.39 is 0 Å². The quantitative estimate of drug-likeness (QED) is 0.617. The lowest BCUT2D eigenvalue weighted by atomic mass is 10.1. The van der Waals surface area contributed by atoms with E-state index in [-0.39, 0.29) is 6.79 Å². The van der Waals surface area contributed by atoms with Gasteiger partial charge in [-0.1, -0.05) is 6.07 Å². The van der Waals surface area contributed by atoms with Gasteiger partial charge in [-0.3, -0.25) is 0 Å². The molecule has 0 spiro atoms. The minimum atomic E-state index is 0.279. The van der Waals surface area contributed by atoms with Crippen molar-refractivity contribution >= 4 is 22.9 Å². The molecule has 1 aromatic heterocycles. The van der Waals surface area contributed by atoms with Crippen LogP contribution in [0.2, 0.25) is 0 Å². The Balaban J connectivity index is 1.39. The summed E-state index contributed by atoms with van der Waals surface area (Å²) in [6.45, 7) is 3.49. The van der Waals surface area contributed by atoms with Crippen LogP contribution in [0.5, 0.6) is 23.0 Å². The average Bonchev–Trinajstić information content (AvgIpc) is 3.43. The van der Waals surface area contributed by atoms with Crippen molar-refractivity contribution in [2.75, 3.05) is 33.0 Å². The highest BCUT2D eigenvalue weighted by atomic mass is 32.1. The van der Waals surface area contributed by atoms with E-state index in [1.54, 1.807) is 25.6 Å². The van der Waals surface area contributed by atoms with E-state index in [1.165, 1.54) is 0 Å². The predicted molar refractivity (Wildman–Crippen MR) is 122 cm³/mol. The number of aliphatic imine (C=N–C) groups is 1. The highest BCUT2D eigenvalue weighted by Gasteiger charge is 2.20. The first-order chi connectivity index (χ1) is 15.2. The molecule has 2 aliphatic rings. The first kappa shape index (κ1) is 19.6. The molecule has 7 nitrogen and oxygen atoms in total. The lowest BCUT2D eigenvalue weighted by molar-refractivity contribution is 0.174. The highest BCUT2D eigenvalue weighted by molar-refractivity contribution is 7.18. The monoisotopic (exact) mass is 437 g/mol. The number of anilines is 1. The number of amidine groups is 1. The van der Waals surface area contributed by atoms with Crippen LogP contribution in [0.4, 0.5) is 5.69 Å². The fourth-order valence-electron chi connectivity index (χ4n) is 3.79. The summed E-state index contributed by atoms with van der Waals surface area (Å²) in [7, 11) is 3.32. The van der Waals surface area contributed by atoms with Gasteiger partial charge < -0.3 is 29.6 Å². The Morgan fingerprint density at radius 3 is 2.81 bits per heavy atom. The number of benzene rings is 2. The van der Waals surface area contributed by atoms with Gasteiger partial charge in [0.25, 0.3) is 0 Å². The number of rotatable bonds is 5. The third kappa shape index (κ3) is 3.63. The number of methoxy groups -OCH3 is 2. The molecule has 0 radical (unpaired) electrons. The Morgan fingerprint density at radius 1 is 1.10 bits per heavy atom. The Hall–Kier alpha value is -3.39. The van der Waals surface area contributed by atoms with Gasteiger partial charge in [-0.15, -0.1) is 11.3 Å². The Kier molecular flexibility index (Phi) is 5.07. The summed E-state index contributed by atoms with van der Waals surface area (Å²) in [6, 6.07) is 12.3. The molecule has 8 heteroatoms. The maximum Gasteiger partial charge on any atom is 0.231 e. The largest absolute Gasteiger partial charge is 0.493 e. The lowest BCUT2D eigenvalue weighted by Gasteiger charge is -2.16. The van der Waals surface area contributed by atoms with Crippen LogP contribution >= 0.6 is 11.3 Å². The Labute approximate surface area is 184 Å². The molecule has 2 aliphatic heterocycles. The summed E-state index contributed by atoms with van der Waals surface area (Å²) in [5, 5.41) is 6.85. The van der Waals surface area contributed by atoms with Crippen molar-refractivity contribution in [2.24, 2.45) is 4.99 Å². The first-order valence-electron chi connectivity index (χ1n) is 9.94. The zero-order valence-corrected chi connectivity index (χ0v) is 18.4. The zero-order valence-electron chi connectivity index (χ0n) is 17.6. The summed E-state index contributed by atoms with van der Waals surface area (Å²) < 4.78 is 21.9. The van der Waals surface area contributed by atoms with Crippen molar-refractivity contribution in [2.45, 2.75) is 13.5 Å². The summed E-state index contributed by atoms with van der Waals surface area (Å²) >= 11 is 1.70. The van der Waals surface area contributed by atoms with Gasteiger partial charge in [-0.25, -0.2) is 4.99 Å². The van der Waals surface area contributed by atoms with E-state index >= 15 is 0 Å². The molecule has 2 aromatic carbocycles. The van der Waals surface area contributed by atoms with Crippen LogP contribution in [0.1, 0.15) is 16.0 Å². The van der Waals surface area contributed by atoms with Gasteiger partial charge in [-0.2, -0.15) is 0 Å². The SMILES string of the molecule is COc1cc(-c2cc3c(s2)C(NCc2ccc4c(c2)OCO4)=NCN3)cc(C)c1OC. The molecule has 0 saturated carbocycles.